The minimum atomic E-state index is -4.64. The minimum absolute atomic E-state index is 0.0771. The molecule has 0 saturated carbocycles. The quantitative estimate of drug-likeness (QED) is 0.573. The van der Waals surface area contributed by atoms with Crippen LogP contribution in [0.5, 0.6) is 0 Å². The molecule has 28 heavy (non-hydrogen) atoms. The normalized spacial score (nSPS) is 11.9. The summed E-state index contributed by atoms with van der Waals surface area (Å²) in [6, 6.07) is 8.20. The van der Waals surface area contributed by atoms with Gasteiger partial charge in [0.2, 0.25) is 0 Å². The predicted octanol–water partition coefficient (Wildman–Crippen LogP) is 3.59. The van der Waals surface area contributed by atoms with Crippen molar-refractivity contribution in [1.29, 1.82) is 0 Å². The molecule has 0 atom stereocenters. The lowest BCUT2D eigenvalue weighted by Crippen LogP contribution is -2.27. The van der Waals surface area contributed by atoms with Gasteiger partial charge in [-0.1, -0.05) is 45.0 Å². The summed E-state index contributed by atoms with van der Waals surface area (Å²) in [4.78, 5) is 35.6. The van der Waals surface area contributed by atoms with E-state index in [1.54, 1.807) is 24.3 Å². The van der Waals surface area contributed by atoms with Crippen molar-refractivity contribution in [2.75, 3.05) is 6.61 Å². The number of aromatic nitrogens is 1. The van der Waals surface area contributed by atoms with Crippen molar-refractivity contribution in [1.82, 2.24) is 4.57 Å². The van der Waals surface area contributed by atoms with Crippen molar-refractivity contribution in [3.8, 4) is 0 Å². The van der Waals surface area contributed by atoms with Gasteiger partial charge < -0.3 is 9.30 Å². The van der Waals surface area contributed by atoms with Crippen molar-refractivity contribution in [3.05, 3.63) is 69.6 Å². The van der Waals surface area contributed by atoms with Crippen LogP contribution in [0.2, 0.25) is 0 Å². The van der Waals surface area contributed by atoms with Crippen LogP contribution in [0.3, 0.4) is 0 Å². The third-order valence-corrected chi connectivity index (χ3v) is 4.05. The van der Waals surface area contributed by atoms with Crippen LogP contribution in [0.4, 0.5) is 13.2 Å². The first-order valence-corrected chi connectivity index (χ1v) is 8.45. The Kier molecular flexibility index (Phi) is 6.11. The maximum absolute atomic E-state index is 12.7. The van der Waals surface area contributed by atoms with Crippen LogP contribution in [0.15, 0.2) is 47.4 Å². The van der Waals surface area contributed by atoms with Crippen molar-refractivity contribution < 1.29 is 27.5 Å². The molecule has 0 radical (unpaired) electrons. The van der Waals surface area contributed by atoms with Crippen molar-refractivity contribution in [2.24, 2.45) is 0 Å². The molecule has 0 spiro atoms. The molecule has 1 heterocycles. The number of nitrogens with zero attached hydrogens (tertiary/aromatic N) is 1. The Labute approximate surface area is 159 Å². The summed E-state index contributed by atoms with van der Waals surface area (Å²) in [6.07, 6.45) is -4.11. The van der Waals surface area contributed by atoms with Crippen LogP contribution in [-0.2, 0) is 27.7 Å². The molecule has 0 saturated heterocycles. The van der Waals surface area contributed by atoms with E-state index in [2.05, 4.69) is 0 Å². The van der Waals surface area contributed by atoms with Crippen LogP contribution < -0.4 is 5.56 Å². The number of hydrogen-bond donors (Lipinski definition) is 0. The van der Waals surface area contributed by atoms with Gasteiger partial charge in [0.05, 0.1) is 5.56 Å². The molecule has 0 aliphatic heterocycles. The largest absolute Gasteiger partial charge is 0.456 e. The second kappa shape index (κ2) is 8.00. The monoisotopic (exact) mass is 395 g/mol. The van der Waals surface area contributed by atoms with E-state index in [0.717, 1.165) is 11.6 Å². The van der Waals surface area contributed by atoms with Gasteiger partial charge in [-0.2, -0.15) is 13.2 Å². The van der Waals surface area contributed by atoms with Crippen molar-refractivity contribution in [2.45, 2.75) is 38.9 Å². The maximum Gasteiger partial charge on any atom is 0.417 e. The molecular formula is C20H20F3NO4. The number of ether oxygens (including phenoxy) is 1. The Morgan fingerprint density at radius 2 is 1.54 bits per heavy atom. The average Bonchev–Trinajstić information content (AvgIpc) is 2.60. The summed E-state index contributed by atoms with van der Waals surface area (Å²) in [7, 11) is 0. The SMILES string of the molecule is CC(C)(C)c1ccc(C(=O)COC(=O)Cn2cc(C(F)(F)F)ccc2=O)cc1. The summed E-state index contributed by atoms with van der Waals surface area (Å²) in [5.41, 5.74) is -0.544. The molecule has 2 aromatic rings. The van der Waals surface area contributed by atoms with Crippen molar-refractivity contribution >= 4 is 11.8 Å². The Hall–Kier alpha value is -2.90. The zero-order chi connectivity index (χ0) is 21.1. The van der Waals surface area contributed by atoms with E-state index in [4.69, 9.17) is 4.74 Å². The van der Waals surface area contributed by atoms with E-state index in [1.165, 1.54) is 0 Å². The van der Waals surface area contributed by atoms with E-state index in [9.17, 15) is 27.6 Å². The van der Waals surface area contributed by atoms with Crippen LogP contribution in [0.1, 0.15) is 42.3 Å². The molecule has 5 nitrogen and oxygen atoms in total. The van der Waals surface area contributed by atoms with E-state index in [0.29, 0.717) is 22.4 Å². The number of ketones is 1. The average molecular weight is 395 g/mol. The summed E-state index contributed by atoms with van der Waals surface area (Å²) in [6.45, 7) is 4.80. The fourth-order valence-electron chi connectivity index (χ4n) is 2.39. The van der Waals surface area contributed by atoms with Gasteiger partial charge in [0, 0.05) is 17.8 Å². The highest BCUT2D eigenvalue weighted by Crippen LogP contribution is 2.28. The maximum atomic E-state index is 12.7. The second-order valence-electron chi connectivity index (χ2n) is 7.29. The summed E-state index contributed by atoms with van der Waals surface area (Å²) in [5, 5.41) is 0. The van der Waals surface area contributed by atoms with Gasteiger partial charge in [0.15, 0.2) is 12.4 Å². The van der Waals surface area contributed by atoms with E-state index >= 15 is 0 Å². The lowest BCUT2D eigenvalue weighted by molar-refractivity contribution is -0.144. The smallest absolute Gasteiger partial charge is 0.417 e. The molecule has 0 aliphatic carbocycles. The Morgan fingerprint density at radius 3 is 2.07 bits per heavy atom. The molecule has 0 unspecified atom stereocenters. The number of carbonyl (C=O) groups is 2. The molecule has 1 aromatic carbocycles. The summed E-state index contributed by atoms with van der Waals surface area (Å²) < 4.78 is 43.5. The first-order valence-electron chi connectivity index (χ1n) is 8.45. The first kappa shape index (κ1) is 21.4. The van der Waals surface area contributed by atoms with E-state index in [-0.39, 0.29) is 5.41 Å². The standard InChI is InChI=1S/C20H20F3NO4/c1-19(2,3)14-6-4-13(5-7-14)16(25)12-28-18(27)11-24-10-15(20(21,22)23)8-9-17(24)26/h4-10H,11-12H2,1-3H3. The fraction of sp³-hybridized carbons (Fsp3) is 0.350. The van der Waals surface area contributed by atoms with Crippen LogP contribution in [0, 0.1) is 0 Å². The number of Topliss-reactive ketones (excluding diaryl/α,β-unsaturated/α-hetero) is 1. The van der Waals surface area contributed by atoms with Crippen LogP contribution >= 0.6 is 0 Å². The minimum Gasteiger partial charge on any atom is -0.456 e. The number of carbonyl (C=O) groups excluding carboxylic acids is 2. The molecule has 2 rings (SSSR count). The highest BCUT2D eigenvalue weighted by molar-refractivity contribution is 5.97. The Morgan fingerprint density at radius 1 is 0.964 bits per heavy atom. The highest BCUT2D eigenvalue weighted by atomic mass is 19.4. The highest BCUT2D eigenvalue weighted by Gasteiger charge is 2.31. The number of pyridine rings is 1. The molecule has 0 N–H and O–H groups in total. The first-order chi connectivity index (χ1) is 12.9. The number of esters is 1. The van der Waals surface area contributed by atoms with Gasteiger partial charge in [0.25, 0.3) is 5.56 Å². The lowest BCUT2D eigenvalue weighted by Gasteiger charge is -2.19. The van der Waals surface area contributed by atoms with Gasteiger partial charge in [-0.15, -0.1) is 0 Å². The molecule has 0 fully saturated rings. The zero-order valence-electron chi connectivity index (χ0n) is 15.7. The Bertz CT molecular complexity index is 922. The number of rotatable bonds is 5. The molecule has 0 aliphatic rings. The number of halogens is 3. The topological polar surface area (TPSA) is 65.4 Å². The van der Waals surface area contributed by atoms with Crippen LogP contribution in [0.25, 0.3) is 0 Å². The third kappa shape index (κ3) is 5.55. The third-order valence-electron chi connectivity index (χ3n) is 4.05. The molecule has 8 heteroatoms. The van der Waals surface area contributed by atoms with E-state index < -0.39 is 42.2 Å². The number of alkyl halides is 3. The van der Waals surface area contributed by atoms with Crippen LogP contribution in [-0.4, -0.2) is 22.9 Å². The number of hydrogen-bond acceptors (Lipinski definition) is 4. The summed E-state index contributed by atoms with van der Waals surface area (Å²) >= 11 is 0. The van der Waals surface area contributed by atoms with Gasteiger partial charge in [0.1, 0.15) is 6.54 Å². The van der Waals surface area contributed by atoms with Gasteiger partial charge in [-0.25, -0.2) is 0 Å². The van der Waals surface area contributed by atoms with Gasteiger partial charge >= 0.3 is 12.1 Å². The van der Waals surface area contributed by atoms with Gasteiger partial charge in [-0.3, -0.25) is 14.4 Å². The molecule has 150 valence electrons. The molecule has 0 bridgehead atoms. The predicted molar refractivity (Wildman–Crippen MR) is 96.1 cm³/mol. The number of benzene rings is 1. The lowest BCUT2D eigenvalue weighted by atomic mass is 9.86. The second-order valence-corrected chi connectivity index (χ2v) is 7.29. The fourth-order valence-corrected chi connectivity index (χ4v) is 2.39. The molecule has 1 aromatic heterocycles. The van der Waals surface area contributed by atoms with E-state index in [1.807, 2.05) is 20.8 Å². The summed E-state index contributed by atoms with van der Waals surface area (Å²) in [5.74, 6) is -1.44. The Balaban J connectivity index is 1.99. The zero-order valence-corrected chi connectivity index (χ0v) is 15.7. The van der Waals surface area contributed by atoms with Gasteiger partial charge in [-0.05, 0) is 17.0 Å². The van der Waals surface area contributed by atoms with Crippen molar-refractivity contribution in [3.63, 3.8) is 0 Å². The molecular weight excluding hydrogens is 375 g/mol. The molecule has 0 amide bonds.